The molecule has 1 amide bonds. The topological polar surface area (TPSA) is 71.8 Å². The molecule has 2 heterocycles. The van der Waals surface area contributed by atoms with Crippen molar-refractivity contribution in [1.82, 2.24) is 25.6 Å². The minimum atomic E-state index is -0.175. The fraction of sp³-hybridized carbons (Fsp3) is 0.615. The summed E-state index contributed by atoms with van der Waals surface area (Å²) in [5.41, 5.74) is 0.380. The van der Waals surface area contributed by atoms with E-state index in [2.05, 4.69) is 26.9 Å². The zero-order valence-corrected chi connectivity index (χ0v) is 12.2. The van der Waals surface area contributed by atoms with Gasteiger partial charge in [0.25, 0.3) is 5.91 Å². The van der Waals surface area contributed by atoms with E-state index in [4.69, 9.17) is 6.42 Å². The number of piperidine rings is 1. The molecule has 1 aliphatic heterocycles. The van der Waals surface area contributed by atoms with Gasteiger partial charge in [0.05, 0.1) is 18.0 Å². The molecule has 0 aliphatic carbocycles. The molecule has 1 fully saturated rings. The third-order valence-electron chi connectivity index (χ3n) is 3.14. The van der Waals surface area contributed by atoms with Crippen molar-refractivity contribution >= 4 is 17.7 Å². The molecule has 1 aliphatic rings. The van der Waals surface area contributed by atoms with Crippen LogP contribution in [0.2, 0.25) is 0 Å². The van der Waals surface area contributed by atoms with Crippen LogP contribution >= 0.6 is 11.8 Å². The highest BCUT2D eigenvalue weighted by molar-refractivity contribution is 7.99. The van der Waals surface area contributed by atoms with E-state index in [1.807, 2.05) is 4.68 Å². The third kappa shape index (κ3) is 4.25. The van der Waals surface area contributed by atoms with Crippen LogP contribution in [-0.2, 0) is 0 Å². The van der Waals surface area contributed by atoms with Crippen molar-refractivity contribution in [1.29, 1.82) is 0 Å². The van der Waals surface area contributed by atoms with E-state index < -0.39 is 0 Å². The summed E-state index contributed by atoms with van der Waals surface area (Å²) in [6.45, 7) is 2.56. The number of hydrogen-bond donors (Lipinski definition) is 2. The van der Waals surface area contributed by atoms with E-state index in [1.165, 1.54) is 0 Å². The number of nitrogens with zero attached hydrogens (tertiary/aromatic N) is 3. The largest absolute Gasteiger partial charge is 0.350 e. The van der Waals surface area contributed by atoms with Crippen LogP contribution in [0, 0.1) is 12.3 Å². The number of carbonyl (C=O) groups is 1. The van der Waals surface area contributed by atoms with E-state index in [1.54, 1.807) is 18.0 Å². The lowest BCUT2D eigenvalue weighted by atomic mass is 10.1. The standard InChI is InChI=1S/C13H19N5OS/c1-2-8-20-9-7-15-13(19)12-10-18(17-16-12)11-3-5-14-6-4-11/h1,10-11,14H,3-9H2,(H,15,19). The Balaban J connectivity index is 1.79. The fourth-order valence-corrected chi connectivity index (χ4v) is 2.60. The molecule has 20 heavy (non-hydrogen) atoms. The monoisotopic (exact) mass is 293 g/mol. The molecule has 1 saturated heterocycles. The Morgan fingerprint density at radius 3 is 3.15 bits per heavy atom. The lowest BCUT2D eigenvalue weighted by molar-refractivity contribution is 0.0951. The number of carbonyl (C=O) groups excluding carboxylic acids is 1. The van der Waals surface area contributed by atoms with Gasteiger partial charge in [-0.1, -0.05) is 11.1 Å². The maximum absolute atomic E-state index is 11.9. The quantitative estimate of drug-likeness (QED) is 0.583. The number of aromatic nitrogens is 3. The number of rotatable bonds is 6. The molecule has 6 nitrogen and oxygen atoms in total. The van der Waals surface area contributed by atoms with Crippen LogP contribution in [0.3, 0.4) is 0 Å². The molecule has 108 valence electrons. The molecular weight excluding hydrogens is 274 g/mol. The summed E-state index contributed by atoms with van der Waals surface area (Å²) >= 11 is 1.62. The van der Waals surface area contributed by atoms with Crippen molar-refractivity contribution in [2.75, 3.05) is 31.1 Å². The van der Waals surface area contributed by atoms with E-state index in [9.17, 15) is 4.79 Å². The summed E-state index contributed by atoms with van der Waals surface area (Å²) in [6, 6.07) is 0.344. The summed E-state index contributed by atoms with van der Waals surface area (Å²) in [6.07, 6.45) is 8.93. The first kappa shape index (κ1) is 14.9. The minimum Gasteiger partial charge on any atom is -0.350 e. The van der Waals surface area contributed by atoms with Gasteiger partial charge in [0.2, 0.25) is 0 Å². The summed E-state index contributed by atoms with van der Waals surface area (Å²) in [5, 5.41) is 14.1. The van der Waals surface area contributed by atoms with Crippen LogP contribution in [-0.4, -0.2) is 52.0 Å². The Kier molecular flexibility index (Phi) is 5.89. The van der Waals surface area contributed by atoms with Gasteiger partial charge in [-0.25, -0.2) is 4.68 Å². The van der Waals surface area contributed by atoms with Gasteiger partial charge in [0.1, 0.15) is 0 Å². The second-order valence-electron chi connectivity index (χ2n) is 4.58. The van der Waals surface area contributed by atoms with E-state index in [-0.39, 0.29) is 5.91 Å². The van der Waals surface area contributed by atoms with E-state index in [0.717, 1.165) is 31.7 Å². The summed E-state index contributed by atoms with van der Waals surface area (Å²) in [7, 11) is 0. The minimum absolute atomic E-state index is 0.175. The molecule has 0 bridgehead atoms. The first-order valence-electron chi connectivity index (χ1n) is 6.73. The lowest BCUT2D eigenvalue weighted by Gasteiger charge is -2.22. The number of thioether (sulfide) groups is 1. The normalized spacial score (nSPS) is 15.8. The average Bonchev–Trinajstić information content (AvgIpc) is 2.98. The molecule has 0 radical (unpaired) electrons. The van der Waals surface area contributed by atoms with Gasteiger partial charge >= 0.3 is 0 Å². The van der Waals surface area contributed by atoms with Crippen LogP contribution in [0.15, 0.2) is 6.20 Å². The summed E-state index contributed by atoms with van der Waals surface area (Å²) in [5.74, 6) is 3.84. The molecular formula is C13H19N5OS. The molecule has 2 N–H and O–H groups in total. The van der Waals surface area contributed by atoms with Crippen LogP contribution in [0.1, 0.15) is 29.4 Å². The SMILES string of the molecule is C#CCSCCNC(=O)c1cn(C2CCNCC2)nn1. The predicted octanol–water partition coefficient (Wildman–Crippen LogP) is 0.299. The Labute approximate surface area is 123 Å². The average molecular weight is 293 g/mol. The summed E-state index contributed by atoms with van der Waals surface area (Å²) in [4.78, 5) is 11.9. The van der Waals surface area contributed by atoms with Crippen LogP contribution in [0.4, 0.5) is 0 Å². The zero-order chi connectivity index (χ0) is 14.2. The molecule has 0 atom stereocenters. The second kappa shape index (κ2) is 7.92. The van der Waals surface area contributed by atoms with Gasteiger partial charge in [-0.3, -0.25) is 4.79 Å². The van der Waals surface area contributed by atoms with Crippen molar-refractivity contribution in [3.05, 3.63) is 11.9 Å². The Hall–Kier alpha value is -1.52. The fourth-order valence-electron chi connectivity index (χ4n) is 2.09. The predicted molar refractivity (Wildman–Crippen MR) is 79.7 cm³/mol. The smallest absolute Gasteiger partial charge is 0.273 e. The molecule has 1 aromatic rings. The van der Waals surface area contributed by atoms with Gasteiger partial charge in [-0.2, -0.15) is 0 Å². The molecule has 2 rings (SSSR count). The molecule has 0 unspecified atom stereocenters. The highest BCUT2D eigenvalue weighted by Gasteiger charge is 2.18. The molecule has 1 aromatic heterocycles. The first-order chi connectivity index (χ1) is 9.81. The third-order valence-corrected chi connectivity index (χ3v) is 4.01. The first-order valence-corrected chi connectivity index (χ1v) is 7.88. The number of nitrogens with one attached hydrogen (secondary N) is 2. The van der Waals surface area contributed by atoms with Gasteiger partial charge in [-0.05, 0) is 25.9 Å². The number of hydrogen-bond acceptors (Lipinski definition) is 5. The van der Waals surface area contributed by atoms with Crippen LogP contribution in [0.25, 0.3) is 0 Å². The highest BCUT2D eigenvalue weighted by Crippen LogP contribution is 2.16. The number of terminal acetylenes is 1. The zero-order valence-electron chi connectivity index (χ0n) is 11.3. The Bertz CT molecular complexity index is 475. The maximum atomic E-state index is 11.9. The van der Waals surface area contributed by atoms with Gasteiger partial charge in [-0.15, -0.1) is 23.3 Å². The number of amides is 1. The molecule has 0 aromatic carbocycles. The van der Waals surface area contributed by atoms with Crippen LogP contribution < -0.4 is 10.6 Å². The lowest BCUT2D eigenvalue weighted by Crippen LogP contribution is -2.29. The molecule has 7 heteroatoms. The summed E-state index contributed by atoms with van der Waals surface area (Å²) < 4.78 is 1.81. The Morgan fingerprint density at radius 1 is 1.60 bits per heavy atom. The molecule has 0 spiro atoms. The van der Waals surface area contributed by atoms with Gasteiger partial charge < -0.3 is 10.6 Å². The van der Waals surface area contributed by atoms with Gasteiger partial charge in [0, 0.05) is 12.3 Å². The second-order valence-corrected chi connectivity index (χ2v) is 5.68. The maximum Gasteiger partial charge on any atom is 0.273 e. The van der Waals surface area contributed by atoms with E-state index in [0.29, 0.717) is 24.0 Å². The molecule has 0 saturated carbocycles. The van der Waals surface area contributed by atoms with Crippen molar-refractivity contribution in [3.8, 4) is 12.3 Å². The van der Waals surface area contributed by atoms with Crippen molar-refractivity contribution in [3.63, 3.8) is 0 Å². The highest BCUT2D eigenvalue weighted by atomic mass is 32.2. The van der Waals surface area contributed by atoms with Gasteiger partial charge in [0.15, 0.2) is 5.69 Å². The van der Waals surface area contributed by atoms with Crippen molar-refractivity contribution < 1.29 is 4.79 Å². The van der Waals surface area contributed by atoms with Crippen molar-refractivity contribution in [2.45, 2.75) is 18.9 Å². The van der Waals surface area contributed by atoms with Crippen LogP contribution in [0.5, 0.6) is 0 Å². The van der Waals surface area contributed by atoms with Crippen molar-refractivity contribution in [2.24, 2.45) is 0 Å². The Morgan fingerprint density at radius 2 is 2.40 bits per heavy atom. The van der Waals surface area contributed by atoms with E-state index >= 15 is 0 Å².